The molecule has 1 atom stereocenters. The van der Waals surface area contributed by atoms with Crippen LogP contribution in [0.25, 0.3) is 0 Å². The molecule has 2 rings (SSSR count). The molecule has 0 saturated carbocycles. The summed E-state index contributed by atoms with van der Waals surface area (Å²) in [5.74, 6) is -0.285. The lowest BCUT2D eigenvalue weighted by molar-refractivity contribution is -0.133. The summed E-state index contributed by atoms with van der Waals surface area (Å²) in [6.45, 7) is 7.37. The number of nitrogens with zero attached hydrogens (tertiary/aromatic N) is 1. The summed E-state index contributed by atoms with van der Waals surface area (Å²) in [4.78, 5) is 42.1. The summed E-state index contributed by atoms with van der Waals surface area (Å²) in [5.41, 5.74) is 1.25. The van der Waals surface area contributed by atoms with Gasteiger partial charge in [0.05, 0.1) is 19.1 Å². The molecule has 7 heteroatoms. The van der Waals surface area contributed by atoms with E-state index in [1.54, 1.807) is 6.92 Å². The molecule has 0 radical (unpaired) electrons. The van der Waals surface area contributed by atoms with Gasteiger partial charge in [0.25, 0.3) is 5.56 Å². The van der Waals surface area contributed by atoms with Gasteiger partial charge in [-0.05, 0) is 33.3 Å². The molecule has 1 heterocycles. The van der Waals surface area contributed by atoms with Crippen LogP contribution in [0.2, 0.25) is 0 Å². The van der Waals surface area contributed by atoms with Gasteiger partial charge in [-0.15, -0.1) is 0 Å². The number of aliphatic hydroxyl groups is 1. The van der Waals surface area contributed by atoms with Crippen molar-refractivity contribution in [2.45, 2.75) is 46.3 Å². The molecule has 140 valence electrons. The van der Waals surface area contributed by atoms with Gasteiger partial charge >= 0.3 is 5.69 Å². The van der Waals surface area contributed by atoms with E-state index in [0.29, 0.717) is 5.69 Å². The van der Waals surface area contributed by atoms with Crippen LogP contribution in [0.15, 0.2) is 33.9 Å². The molecule has 3 N–H and O–H groups in total. The third-order valence-electron chi connectivity index (χ3n) is 4.36. The zero-order valence-corrected chi connectivity index (χ0v) is 15.5. The van der Waals surface area contributed by atoms with Gasteiger partial charge in [0.15, 0.2) is 0 Å². The van der Waals surface area contributed by atoms with Crippen molar-refractivity contribution in [3.63, 3.8) is 0 Å². The number of aromatic nitrogens is 2. The number of aryl methyl sites for hydroxylation is 2. The highest BCUT2D eigenvalue weighted by atomic mass is 16.3. The van der Waals surface area contributed by atoms with Crippen LogP contribution in [0.1, 0.15) is 42.3 Å². The summed E-state index contributed by atoms with van der Waals surface area (Å²) in [6, 6.07) is 7.33. The quantitative estimate of drug-likeness (QED) is 0.720. The number of benzene rings is 1. The fraction of sp³-hybridized carbons (Fsp3) is 0.421. The Kier molecular flexibility index (Phi) is 6.15. The monoisotopic (exact) mass is 359 g/mol. The number of carbonyl (C=O) groups excluding carboxylic acids is 1. The molecule has 1 aromatic heterocycles. The highest BCUT2D eigenvalue weighted by Gasteiger charge is 2.23. The summed E-state index contributed by atoms with van der Waals surface area (Å²) in [5, 5.41) is 10.5. The Bertz CT molecular complexity index is 881. The lowest BCUT2D eigenvalue weighted by Crippen LogP contribution is -2.42. The first-order valence-corrected chi connectivity index (χ1v) is 8.55. The zero-order chi connectivity index (χ0) is 19.4. The topological polar surface area (TPSA) is 106 Å². The van der Waals surface area contributed by atoms with Crippen molar-refractivity contribution in [3.8, 4) is 0 Å². The van der Waals surface area contributed by atoms with Crippen LogP contribution in [0.3, 0.4) is 0 Å². The molecule has 0 aliphatic heterocycles. The van der Waals surface area contributed by atoms with E-state index in [9.17, 15) is 19.5 Å². The Morgan fingerprint density at radius 1 is 1.12 bits per heavy atom. The third kappa shape index (κ3) is 4.70. The van der Waals surface area contributed by atoms with E-state index in [-0.39, 0.29) is 30.5 Å². The molecule has 1 aromatic carbocycles. The first kappa shape index (κ1) is 19.7. The number of aliphatic hydroxyl groups excluding tert-OH is 1. The minimum atomic E-state index is -0.822. The fourth-order valence-corrected chi connectivity index (χ4v) is 2.77. The molecular formula is C19H25N3O4. The molecule has 1 amide bonds. The minimum Gasteiger partial charge on any atom is -0.387 e. The summed E-state index contributed by atoms with van der Waals surface area (Å²) in [7, 11) is 0. The molecule has 1 unspecified atom stereocenters. The van der Waals surface area contributed by atoms with E-state index in [1.807, 2.05) is 45.0 Å². The second-order valence-corrected chi connectivity index (χ2v) is 6.75. The van der Waals surface area contributed by atoms with Crippen LogP contribution in [-0.2, 0) is 11.2 Å². The van der Waals surface area contributed by atoms with Crippen LogP contribution in [0, 0.1) is 13.8 Å². The Morgan fingerprint density at radius 2 is 1.73 bits per heavy atom. The molecule has 0 aliphatic rings. The SMILES string of the molecule is Cc1ccc(C(O)CN(C(=O)Cc2c(C)[nH]c(=O)[nH]c2=O)C(C)C)cc1. The summed E-state index contributed by atoms with van der Waals surface area (Å²) < 4.78 is 0. The Morgan fingerprint density at radius 3 is 2.27 bits per heavy atom. The number of aromatic amines is 2. The average Bonchev–Trinajstić information content (AvgIpc) is 2.55. The third-order valence-corrected chi connectivity index (χ3v) is 4.36. The van der Waals surface area contributed by atoms with E-state index >= 15 is 0 Å². The van der Waals surface area contributed by atoms with Gasteiger partial charge in [0.1, 0.15) is 0 Å². The van der Waals surface area contributed by atoms with Crippen LogP contribution < -0.4 is 11.2 Å². The number of H-pyrrole nitrogens is 2. The number of rotatable bonds is 6. The molecule has 0 saturated heterocycles. The highest BCUT2D eigenvalue weighted by molar-refractivity contribution is 5.79. The largest absolute Gasteiger partial charge is 0.387 e. The van der Waals surface area contributed by atoms with Gasteiger partial charge in [0.2, 0.25) is 5.91 Å². The lowest BCUT2D eigenvalue weighted by Gasteiger charge is -2.29. The standard InChI is InChI=1S/C19H25N3O4/c1-11(2)22(10-16(23)14-7-5-12(3)6-8-14)17(24)9-15-13(4)20-19(26)21-18(15)25/h5-8,11,16,23H,9-10H2,1-4H3,(H2,20,21,25,26). The van der Waals surface area contributed by atoms with Crippen LogP contribution >= 0.6 is 0 Å². The van der Waals surface area contributed by atoms with Gasteiger partial charge in [-0.1, -0.05) is 29.8 Å². The van der Waals surface area contributed by atoms with Gasteiger partial charge < -0.3 is 15.0 Å². The predicted molar refractivity (Wildman–Crippen MR) is 99.1 cm³/mol. The molecule has 7 nitrogen and oxygen atoms in total. The number of amides is 1. The van der Waals surface area contributed by atoms with E-state index in [2.05, 4.69) is 9.97 Å². The molecule has 26 heavy (non-hydrogen) atoms. The first-order chi connectivity index (χ1) is 12.2. The van der Waals surface area contributed by atoms with Crippen molar-refractivity contribution in [2.24, 2.45) is 0 Å². The molecule has 0 bridgehead atoms. The van der Waals surface area contributed by atoms with Crippen LogP contribution in [0.4, 0.5) is 0 Å². The van der Waals surface area contributed by atoms with Crippen molar-refractivity contribution in [1.29, 1.82) is 0 Å². The van der Waals surface area contributed by atoms with E-state index < -0.39 is 17.4 Å². The van der Waals surface area contributed by atoms with Gasteiger partial charge in [-0.25, -0.2) is 4.79 Å². The average molecular weight is 359 g/mol. The second kappa shape index (κ2) is 8.14. The highest BCUT2D eigenvalue weighted by Crippen LogP contribution is 2.17. The Balaban J connectivity index is 2.19. The predicted octanol–water partition coefficient (Wildman–Crippen LogP) is 1.19. The van der Waals surface area contributed by atoms with E-state index in [1.165, 1.54) is 4.90 Å². The maximum absolute atomic E-state index is 12.7. The summed E-state index contributed by atoms with van der Waals surface area (Å²) >= 11 is 0. The Labute approximate surface area is 151 Å². The van der Waals surface area contributed by atoms with Crippen LogP contribution in [-0.4, -0.2) is 38.5 Å². The van der Waals surface area contributed by atoms with Crippen molar-refractivity contribution < 1.29 is 9.90 Å². The fourth-order valence-electron chi connectivity index (χ4n) is 2.77. The van der Waals surface area contributed by atoms with Gasteiger partial charge in [-0.3, -0.25) is 14.6 Å². The minimum absolute atomic E-state index is 0.125. The number of nitrogens with one attached hydrogen (secondary N) is 2. The van der Waals surface area contributed by atoms with Crippen molar-refractivity contribution in [2.75, 3.05) is 6.54 Å². The molecule has 2 aromatic rings. The van der Waals surface area contributed by atoms with Crippen molar-refractivity contribution in [3.05, 3.63) is 67.5 Å². The maximum atomic E-state index is 12.7. The van der Waals surface area contributed by atoms with E-state index in [4.69, 9.17) is 0 Å². The van der Waals surface area contributed by atoms with Crippen molar-refractivity contribution >= 4 is 5.91 Å². The maximum Gasteiger partial charge on any atom is 0.325 e. The summed E-state index contributed by atoms with van der Waals surface area (Å²) in [6.07, 6.45) is -0.964. The smallest absolute Gasteiger partial charge is 0.325 e. The number of hydrogen-bond donors (Lipinski definition) is 3. The molecule has 0 fully saturated rings. The molecule has 0 aliphatic carbocycles. The lowest BCUT2D eigenvalue weighted by atomic mass is 10.1. The normalized spacial score (nSPS) is 12.2. The Hall–Kier alpha value is -2.67. The second-order valence-electron chi connectivity index (χ2n) is 6.75. The van der Waals surface area contributed by atoms with Crippen LogP contribution in [0.5, 0.6) is 0 Å². The number of hydrogen-bond acceptors (Lipinski definition) is 4. The zero-order valence-electron chi connectivity index (χ0n) is 15.5. The van der Waals surface area contributed by atoms with Crippen molar-refractivity contribution in [1.82, 2.24) is 14.9 Å². The van der Waals surface area contributed by atoms with Gasteiger partial charge in [-0.2, -0.15) is 0 Å². The first-order valence-electron chi connectivity index (χ1n) is 8.55. The molecular weight excluding hydrogens is 334 g/mol. The van der Waals surface area contributed by atoms with E-state index in [0.717, 1.165) is 11.1 Å². The number of carbonyl (C=O) groups is 1. The molecule has 0 spiro atoms. The van der Waals surface area contributed by atoms with Gasteiger partial charge in [0, 0.05) is 17.3 Å².